The van der Waals surface area contributed by atoms with Gasteiger partial charge in [-0.25, -0.2) is 15.0 Å². The van der Waals surface area contributed by atoms with E-state index in [9.17, 15) is 4.79 Å². The lowest BCUT2D eigenvalue weighted by atomic mass is 10.4. The van der Waals surface area contributed by atoms with Crippen molar-refractivity contribution in [3.8, 4) is 0 Å². The lowest BCUT2D eigenvalue weighted by molar-refractivity contribution is -0.118. The molecule has 0 atom stereocenters. The molecule has 0 aliphatic rings. The minimum atomic E-state index is 0.0308. The topological polar surface area (TPSA) is 124 Å². The Labute approximate surface area is 169 Å². The molecule has 0 aliphatic carbocycles. The van der Waals surface area contributed by atoms with Crippen molar-refractivity contribution in [2.75, 3.05) is 23.8 Å². The van der Waals surface area contributed by atoms with Crippen LogP contribution < -0.4 is 11.1 Å². The van der Waals surface area contributed by atoms with Crippen molar-refractivity contribution in [2.24, 2.45) is 0 Å². The molecule has 27 heavy (non-hydrogen) atoms. The zero-order chi connectivity index (χ0) is 19.1. The van der Waals surface area contributed by atoms with Crippen LogP contribution in [0.5, 0.6) is 0 Å². The summed E-state index contributed by atoms with van der Waals surface area (Å²) in [6, 6.07) is 0. The van der Waals surface area contributed by atoms with Crippen LogP contribution in [-0.4, -0.2) is 53.7 Å². The molecule has 3 rings (SSSR count). The largest absolute Gasteiger partial charge is 0.382 e. The molecule has 3 aromatic heterocycles. The van der Waals surface area contributed by atoms with E-state index in [1.807, 2.05) is 11.5 Å². The van der Waals surface area contributed by atoms with Gasteiger partial charge in [0.1, 0.15) is 11.8 Å². The summed E-state index contributed by atoms with van der Waals surface area (Å²) < 4.78 is 3.70. The monoisotopic (exact) mass is 424 g/mol. The van der Waals surface area contributed by atoms with Gasteiger partial charge in [-0.3, -0.25) is 4.79 Å². The number of nitrogens with zero attached hydrogens (tertiary/aromatic N) is 6. The molecule has 9 nitrogen and oxygen atoms in total. The molecule has 0 bridgehead atoms. The van der Waals surface area contributed by atoms with E-state index in [0.717, 1.165) is 39.5 Å². The molecule has 0 radical (unpaired) electrons. The summed E-state index contributed by atoms with van der Waals surface area (Å²) >= 11 is 4.60. The van der Waals surface area contributed by atoms with Gasteiger partial charge in [0.25, 0.3) is 0 Å². The van der Waals surface area contributed by atoms with Crippen LogP contribution in [0.1, 0.15) is 19.8 Å². The summed E-state index contributed by atoms with van der Waals surface area (Å²) in [6.45, 7) is 3.53. The maximum atomic E-state index is 11.6. The van der Waals surface area contributed by atoms with E-state index in [2.05, 4.69) is 30.5 Å². The van der Waals surface area contributed by atoms with E-state index in [1.54, 1.807) is 18.1 Å². The van der Waals surface area contributed by atoms with Gasteiger partial charge in [-0.1, -0.05) is 41.8 Å². The van der Waals surface area contributed by atoms with Crippen LogP contribution in [0, 0.1) is 0 Å². The van der Waals surface area contributed by atoms with Crippen molar-refractivity contribution in [1.29, 1.82) is 0 Å². The van der Waals surface area contributed by atoms with Crippen molar-refractivity contribution >= 4 is 57.7 Å². The third-order valence-electron chi connectivity index (χ3n) is 3.49. The minimum absolute atomic E-state index is 0.0308. The molecular formula is C15H20N8OS3. The number of aryl methyl sites for hydroxylation is 1. The lowest BCUT2D eigenvalue weighted by Gasteiger charge is -2.02. The zero-order valence-electron chi connectivity index (χ0n) is 14.8. The first-order valence-electron chi connectivity index (χ1n) is 8.44. The van der Waals surface area contributed by atoms with Gasteiger partial charge in [0, 0.05) is 18.8 Å². The zero-order valence-corrected chi connectivity index (χ0v) is 17.2. The lowest BCUT2D eigenvalue weighted by Crippen LogP contribution is -2.25. The summed E-state index contributed by atoms with van der Waals surface area (Å²) in [5.41, 5.74) is 7.19. The molecule has 0 unspecified atom stereocenters. The van der Waals surface area contributed by atoms with Crippen LogP contribution in [0.2, 0.25) is 0 Å². The number of fused-ring (bicyclic) bond motifs is 1. The van der Waals surface area contributed by atoms with Crippen LogP contribution in [0.4, 0.5) is 5.82 Å². The van der Waals surface area contributed by atoms with E-state index in [1.165, 1.54) is 29.4 Å². The quantitative estimate of drug-likeness (QED) is 0.371. The maximum absolute atomic E-state index is 11.6. The number of aromatic nitrogens is 6. The fourth-order valence-corrected chi connectivity index (χ4v) is 5.06. The molecule has 1 amide bonds. The second-order valence-electron chi connectivity index (χ2n) is 5.54. The number of thioether (sulfide) groups is 2. The molecule has 0 spiro atoms. The number of nitrogen functional groups attached to an aromatic ring is 1. The molecule has 144 valence electrons. The average molecular weight is 425 g/mol. The molecule has 0 aromatic carbocycles. The summed E-state index contributed by atoms with van der Waals surface area (Å²) in [7, 11) is 0. The van der Waals surface area contributed by atoms with Gasteiger partial charge in [0.05, 0.1) is 12.1 Å². The van der Waals surface area contributed by atoms with Gasteiger partial charge in [-0.05, 0) is 12.8 Å². The van der Waals surface area contributed by atoms with Crippen LogP contribution in [0.3, 0.4) is 0 Å². The molecule has 12 heteroatoms. The Kier molecular flexibility index (Phi) is 7.24. The van der Waals surface area contributed by atoms with Gasteiger partial charge in [-0.15, -0.1) is 10.2 Å². The van der Waals surface area contributed by atoms with Crippen LogP contribution in [-0.2, 0) is 11.3 Å². The Hall–Kier alpha value is -1.92. The highest BCUT2D eigenvalue weighted by atomic mass is 32.2. The van der Waals surface area contributed by atoms with Crippen LogP contribution in [0.15, 0.2) is 21.3 Å². The molecule has 3 N–H and O–H groups in total. The van der Waals surface area contributed by atoms with Gasteiger partial charge in [0.15, 0.2) is 20.1 Å². The number of nitrogens with two attached hydrogens (primary N) is 1. The Morgan fingerprint density at radius 2 is 2.07 bits per heavy atom. The first kappa shape index (κ1) is 19.8. The number of hydrogen-bond donors (Lipinski definition) is 2. The average Bonchev–Trinajstić information content (AvgIpc) is 3.29. The standard InChI is InChI=1S/C15H20N8OS3/c1-2-4-17-10(24)7-26-15-22-21-14(27-15)25-6-3-5-23-9-20-11-12(16)18-8-19-13(11)23/h8-9H,2-7H2,1H3,(H,17,24)(H2,16,18,19). The van der Waals surface area contributed by atoms with Crippen LogP contribution in [0.25, 0.3) is 11.2 Å². The van der Waals surface area contributed by atoms with E-state index < -0.39 is 0 Å². The fraction of sp³-hybridized carbons (Fsp3) is 0.467. The number of anilines is 1. The molecular weight excluding hydrogens is 404 g/mol. The smallest absolute Gasteiger partial charge is 0.230 e. The fourth-order valence-electron chi connectivity index (χ4n) is 2.21. The first-order valence-corrected chi connectivity index (χ1v) is 11.2. The predicted molar refractivity (Wildman–Crippen MR) is 109 cm³/mol. The van der Waals surface area contributed by atoms with Gasteiger partial charge in [0.2, 0.25) is 5.91 Å². The Balaban J connectivity index is 1.41. The molecule has 0 aliphatic heterocycles. The summed E-state index contributed by atoms with van der Waals surface area (Å²) in [4.78, 5) is 24.1. The highest BCUT2D eigenvalue weighted by Gasteiger charge is 2.10. The van der Waals surface area contributed by atoms with E-state index in [0.29, 0.717) is 23.6 Å². The Morgan fingerprint density at radius 1 is 1.26 bits per heavy atom. The van der Waals surface area contributed by atoms with Gasteiger partial charge in [-0.2, -0.15) is 0 Å². The number of nitrogens with one attached hydrogen (secondary N) is 1. The number of amides is 1. The second-order valence-corrected chi connectivity index (χ2v) is 9.09. The second kappa shape index (κ2) is 9.85. The Morgan fingerprint density at radius 3 is 2.89 bits per heavy atom. The SMILES string of the molecule is CCCNC(=O)CSc1nnc(SCCCn2cnc3c(N)ncnc32)s1. The van der Waals surface area contributed by atoms with Crippen molar-refractivity contribution in [2.45, 2.75) is 35.0 Å². The van der Waals surface area contributed by atoms with Gasteiger partial charge >= 0.3 is 0 Å². The van der Waals surface area contributed by atoms with Crippen molar-refractivity contribution in [1.82, 2.24) is 35.0 Å². The molecule has 3 aromatic rings. The predicted octanol–water partition coefficient (Wildman–Crippen LogP) is 2.06. The Bertz CT molecular complexity index is 896. The minimum Gasteiger partial charge on any atom is -0.382 e. The van der Waals surface area contributed by atoms with Crippen molar-refractivity contribution in [3.05, 3.63) is 12.7 Å². The van der Waals surface area contributed by atoms with E-state index in [-0.39, 0.29) is 5.91 Å². The van der Waals surface area contributed by atoms with E-state index in [4.69, 9.17) is 5.73 Å². The van der Waals surface area contributed by atoms with Crippen LogP contribution >= 0.6 is 34.9 Å². The van der Waals surface area contributed by atoms with Crippen molar-refractivity contribution < 1.29 is 4.79 Å². The highest BCUT2D eigenvalue weighted by molar-refractivity contribution is 8.03. The molecule has 0 saturated heterocycles. The molecule has 0 saturated carbocycles. The maximum Gasteiger partial charge on any atom is 0.230 e. The van der Waals surface area contributed by atoms with Gasteiger partial charge < -0.3 is 15.6 Å². The highest BCUT2D eigenvalue weighted by Crippen LogP contribution is 2.29. The summed E-state index contributed by atoms with van der Waals surface area (Å²) in [5, 5.41) is 11.2. The molecule has 3 heterocycles. The summed E-state index contributed by atoms with van der Waals surface area (Å²) in [6.07, 6.45) is 5.06. The third kappa shape index (κ3) is 5.53. The molecule has 0 fully saturated rings. The third-order valence-corrected chi connectivity index (χ3v) is 6.76. The number of rotatable bonds is 10. The number of hydrogen-bond acceptors (Lipinski definition) is 10. The van der Waals surface area contributed by atoms with E-state index >= 15 is 0 Å². The number of carbonyl (C=O) groups excluding carboxylic acids is 1. The normalized spacial score (nSPS) is 11.1. The van der Waals surface area contributed by atoms with Crippen molar-refractivity contribution in [3.63, 3.8) is 0 Å². The number of carbonyl (C=O) groups is 1. The number of imidazole rings is 1. The first-order chi connectivity index (χ1) is 13.2. The summed E-state index contributed by atoms with van der Waals surface area (Å²) in [5.74, 6) is 1.70.